The van der Waals surface area contributed by atoms with Gasteiger partial charge in [0.1, 0.15) is 0 Å². The molecule has 4 nitrogen and oxygen atoms in total. The van der Waals surface area contributed by atoms with E-state index in [1.54, 1.807) is 4.90 Å². The summed E-state index contributed by atoms with van der Waals surface area (Å²) in [6, 6.07) is 0.380. The SMILES string of the molecule is CCCN(C=O)CC(=O)NC1C2CC3CC(C2)CC1C3. The summed E-state index contributed by atoms with van der Waals surface area (Å²) in [5.41, 5.74) is 0. The molecule has 2 amide bonds. The topological polar surface area (TPSA) is 49.4 Å². The van der Waals surface area contributed by atoms with E-state index in [0.29, 0.717) is 24.4 Å². The van der Waals surface area contributed by atoms with Crippen molar-refractivity contribution in [2.24, 2.45) is 23.7 Å². The van der Waals surface area contributed by atoms with E-state index in [0.717, 1.165) is 24.7 Å². The Kier molecular flexibility index (Phi) is 3.99. The Bertz CT molecular complexity index is 355. The average molecular weight is 278 g/mol. The lowest BCUT2D eigenvalue weighted by molar-refractivity contribution is -0.130. The van der Waals surface area contributed by atoms with Crippen molar-refractivity contribution in [1.29, 1.82) is 0 Å². The van der Waals surface area contributed by atoms with Crippen molar-refractivity contribution >= 4 is 12.3 Å². The highest BCUT2D eigenvalue weighted by Gasteiger charge is 2.48. The van der Waals surface area contributed by atoms with Gasteiger partial charge in [-0.2, -0.15) is 0 Å². The molecule has 0 heterocycles. The van der Waals surface area contributed by atoms with Crippen LogP contribution >= 0.6 is 0 Å². The van der Waals surface area contributed by atoms with Crippen LogP contribution in [0.25, 0.3) is 0 Å². The first kappa shape index (κ1) is 13.9. The monoisotopic (exact) mass is 278 g/mol. The Hall–Kier alpha value is -1.06. The van der Waals surface area contributed by atoms with Crippen molar-refractivity contribution in [2.45, 2.75) is 51.5 Å². The molecule has 0 aromatic heterocycles. The van der Waals surface area contributed by atoms with Crippen LogP contribution in [0.4, 0.5) is 0 Å². The van der Waals surface area contributed by atoms with Gasteiger partial charge in [-0.25, -0.2) is 0 Å². The number of nitrogens with zero attached hydrogens (tertiary/aromatic N) is 1. The Labute approximate surface area is 121 Å². The smallest absolute Gasteiger partial charge is 0.239 e. The summed E-state index contributed by atoms with van der Waals surface area (Å²) in [7, 11) is 0. The third-order valence-electron chi connectivity index (χ3n) is 5.56. The summed E-state index contributed by atoms with van der Waals surface area (Å²) in [6.07, 6.45) is 8.36. The number of amides is 2. The van der Waals surface area contributed by atoms with Gasteiger partial charge in [-0.1, -0.05) is 6.92 Å². The zero-order chi connectivity index (χ0) is 14.1. The molecule has 112 valence electrons. The first-order valence-electron chi connectivity index (χ1n) is 8.18. The summed E-state index contributed by atoms with van der Waals surface area (Å²) in [5, 5.41) is 3.25. The van der Waals surface area contributed by atoms with E-state index < -0.39 is 0 Å². The van der Waals surface area contributed by atoms with Gasteiger partial charge in [0.15, 0.2) is 0 Å². The van der Waals surface area contributed by atoms with E-state index in [1.165, 1.54) is 32.1 Å². The minimum absolute atomic E-state index is 0.0306. The van der Waals surface area contributed by atoms with Crippen LogP contribution in [0.5, 0.6) is 0 Å². The second-order valence-corrected chi connectivity index (χ2v) is 7.10. The number of hydrogen-bond acceptors (Lipinski definition) is 2. The van der Waals surface area contributed by atoms with E-state index in [-0.39, 0.29) is 12.5 Å². The fourth-order valence-electron chi connectivity index (χ4n) is 5.03. The van der Waals surface area contributed by atoms with E-state index in [9.17, 15) is 9.59 Å². The highest BCUT2D eigenvalue weighted by atomic mass is 16.2. The van der Waals surface area contributed by atoms with Gasteiger partial charge in [0.2, 0.25) is 12.3 Å². The highest BCUT2D eigenvalue weighted by molar-refractivity contribution is 5.80. The fourth-order valence-corrected chi connectivity index (χ4v) is 5.03. The number of hydrogen-bond donors (Lipinski definition) is 1. The highest BCUT2D eigenvalue weighted by Crippen LogP contribution is 2.53. The molecule has 4 rings (SSSR count). The molecule has 4 heteroatoms. The molecule has 0 spiro atoms. The van der Waals surface area contributed by atoms with Crippen LogP contribution < -0.4 is 5.32 Å². The predicted molar refractivity (Wildman–Crippen MR) is 76.9 cm³/mol. The van der Waals surface area contributed by atoms with Crippen LogP contribution in [0, 0.1) is 23.7 Å². The molecule has 0 atom stereocenters. The number of carbonyl (C=O) groups excluding carboxylic acids is 2. The molecule has 4 fully saturated rings. The van der Waals surface area contributed by atoms with Crippen molar-refractivity contribution in [3.8, 4) is 0 Å². The second-order valence-electron chi connectivity index (χ2n) is 7.10. The Morgan fingerprint density at radius 3 is 2.25 bits per heavy atom. The van der Waals surface area contributed by atoms with Crippen LogP contribution in [0.3, 0.4) is 0 Å². The van der Waals surface area contributed by atoms with Gasteiger partial charge in [-0.3, -0.25) is 9.59 Å². The molecular weight excluding hydrogens is 252 g/mol. The third-order valence-corrected chi connectivity index (χ3v) is 5.56. The molecule has 0 aromatic carbocycles. The lowest BCUT2D eigenvalue weighted by atomic mass is 9.54. The summed E-state index contributed by atoms with van der Waals surface area (Å²) >= 11 is 0. The molecule has 0 aliphatic heterocycles. The van der Waals surface area contributed by atoms with Gasteiger partial charge < -0.3 is 10.2 Å². The Morgan fingerprint density at radius 1 is 1.15 bits per heavy atom. The number of nitrogens with one attached hydrogen (secondary N) is 1. The van der Waals surface area contributed by atoms with Gasteiger partial charge in [0.05, 0.1) is 6.54 Å². The number of rotatable bonds is 6. The molecular formula is C16H26N2O2. The van der Waals surface area contributed by atoms with Crippen LogP contribution in [0.15, 0.2) is 0 Å². The number of carbonyl (C=O) groups is 2. The van der Waals surface area contributed by atoms with Crippen LogP contribution in [0.2, 0.25) is 0 Å². The molecule has 4 aliphatic carbocycles. The maximum atomic E-state index is 12.2. The average Bonchev–Trinajstić information content (AvgIpc) is 2.41. The molecule has 1 N–H and O–H groups in total. The van der Waals surface area contributed by atoms with E-state index in [2.05, 4.69) is 5.32 Å². The van der Waals surface area contributed by atoms with Gasteiger partial charge in [0.25, 0.3) is 0 Å². The van der Waals surface area contributed by atoms with Crippen molar-refractivity contribution in [2.75, 3.05) is 13.1 Å². The van der Waals surface area contributed by atoms with Crippen LogP contribution in [-0.2, 0) is 9.59 Å². The molecule has 0 saturated heterocycles. The van der Waals surface area contributed by atoms with Crippen LogP contribution in [0.1, 0.15) is 45.4 Å². The quantitative estimate of drug-likeness (QED) is 0.753. The molecule has 0 unspecified atom stereocenters. The second kappa shape index (κ2) is 5.74. The summed E-state index contributed by atoms with van der Waals surface area (Å²) in [5.74, 6) is 3.29. The molecule has 20 heavy (non-hydrogen) atoms. The largest absolute Gasteiger partial charge is 0.351 e. The summed E-state index contributed by atoms with van der Waals surface area (Å²) < 4.78 is 0. The normalized spacial score (nSPS) is 37.8. The predicted octanol–water partition coefficient (Wildman–Crippen LogP) is 1.80. The van der Waals surface area contributed by atoms with E-state index >= 15 is 0 Å². The van der Waals surface area contributed by atoms with Crippen molar-refractivity contribution in [3.05, 3.63) is 0 Å². The third kappa shape index (κ3) is 2.70. The first-order valence-corrected chi connectivity index (χ1v) is 8.18. The standard InChI is InChI=1S/C16H26N2O2/c1-2-3-18(10-19)9-15(20)17-16-13-5-11-4-12(7-13)8-14(16)6-11/h10-14,16H,2-9H2,1H3,(H,17,20). The van der Waals surface area contributed by atoms with E-state index in [4.69, 9.17) is 0 Å². The Morgan fingerprint density at radius 2 is 1.75 bits per heavy atom. The van der Waals surface area contributed by atoms with Crippen molar-refractivity contribution < 1.29 is 9.59 Å². The van der Waals surface area contributed by atoms with Gasteiger partial charge in [-0.15, -0.1) is 0 Å². The zero-order valence-electron chi connectivity index (χ0n) is 12.4. The van der Waals surface area contributed by atoms with E-state index in [1.807, 2.05) is 6.92 Å². The van der Waals surface area contributed by atoms with Gasteiger partial charge >= 0.3 is 0 Å². The minimum Gasteiger partial charge on any atom is -0.351 e. The minimum atomic E-state index is 0.0306. The van der Waals surface area contributed by atoms with Gasteiger partial charge in [0, 0.05) is 12.6 Å². The first-order chi connectivity index (χ1) is 9.69. The van der Waals surface area contributed by atoms with Crippen molar-refractivity contribution in [3.63, 3.8) is 0 Å². The Balaban J connectivity index is 1.55. The lowest BCUT2D eigenvalue weighted by Crippen LogP contribution is -2.57. The molecule has 0 radical (unpaired) electrons. The molecule has 4 saturated carbocycles. The summed E-state index contributed by atoms with van der Waals surface area (Å²) in [4.78, 5) is 24.7. The van der Waals surface area contributed by atoms with Gasteiger partial charge in [-0.05, 0) is 62.2 Å². The molecule has 0 aromatic rings. The maximum Gasteiger partial charge on any atom is 0.239 e. The van der Waals surface area contributed by atoms with Crippen LogP contribution in [-0.4, -0.2) is 36.3 Å². The zero-order valence-corrected chi connectivity index (χ0v) is 12.4. The summed E-state index contributed by atoms with van der Waals surface area (Å²) in [6.45, 7) is 2.91. The van der Waals surface area contributed by atoms with Crippen molar-refractivity contribution in [1.82, 2.24) is 10.2 Å². The fraction of sp³-hybridized carbons (Fsp3) is 0.875. The maximum absolute atomic E-state index is 12.2. The lowest BCUT2D eigenvalue weighted by Gasteiger charge is -2.54. The molecule has 4 bridgehead atoms. The molecule has 4 aliphatic rings.